The predicted octanol–water partition coefficient (Wildman–Crippen LogP) is 3.26. The fraction of sp³-hybridized carbons (Fsp3) is 0.174. The number of aliphatic hydroxyl groups excluding tert-OH is 1. The first-order chi connectivity index (χ1) is 13.1. The third-order valence-corrected chi connectivity index (χ3v) is 5.11. The summed E-state index contributed by atoms with van der Waals surface area (Å²) in [6, 6.07) is 25.9. The summed E-state index contributed by atoms with van der Waals surface area (Å²) in [6.07, 6.45) is -0.621. The lowest BCUT2D eigenvalue weighted by molar-refractivity contribution is -0.0962. The molecule has 4 rings (SSSR count). The normalized spacial score (nSPS) is 19.8. The molecular weight excluding hydrogens is 338 g/mol. The van der Waals surface area contributed by atoms with Gasteiger partial charge in [-0.1, -0.05) is 78.9 Å². The maximum atomic E-state index is 13.0. The first-order valence-electron chi connectivity index (χ1n) is 9.00. The minimum atomic E-state index is -1.50. The van der Waals surface area contributed by atoms with Crippen molar-refractivity contribution in [1.29, 1.82) is 0 Å². The lowest BCUT2D eigenvalue weighted by Gasteiger charge is -2.36. The molecule has 0 aromatic heterocycles. The molecule has 4 nitrogen and oxygen atoms in total. The van der Waals surface area contributed by atoms with E-state index in [1.165, 1.54) is 4.90 Å². The summed E-state index contributed by atoms with van der Waals surface area (Å²) in [5, 5.41) is 22.3. The van der Waals surface area contributed by atoms with Gasteiger partial charge in [-0.05, 0) is 17.2 Å². The van der Waals surface area contributed by atoms with E-state index in [0.29, 0.717) is 16.7 Å². The van der Waals surface area contributed by atoms with Gasteiger partial charge in [0.25, 0.3) is 5.91 Å². The van der Waals surface area contributed by atoms with Gasteiger partial charge in [0, 0.05) is 17.5 Å². The maximum Gasteiger partial charge on any atom is 0.256 e. The van der Waals surface area contributed by atoms with E-state index in [1.807, 2.05) is 66.7 Å². The molecule has 2 N–H and O–H groups in total. The second-order valence-corrected chi connectivity index (χ2v) is 6.87. The third kappa shape index (κ3) is 3.14. The molecule has 0 radical (unpaired) electrons. The second-order valence-electron chi connectivity index (χ2n) is 6.87. The molecule has 1 aliphatic heterocycles. The second kappa shape index (κ2) is 6.99. The van der Waals surface area contributed by atoms with E-state index in [2.05, 4.69) is 0 Å². The van der Waals surface area contributed by atoms with Crippen LogP contribution in [0.1, 0.15) is 33.2 Å². The van der Waals surface area contributed by atoms with Gasteiger partial charge >= 0.3 is 0 Å². The summed E-state index contributed by atoms with van der Waals surface area (Å²) < 4.78 is 0. The van der Waals surface area contributed by atoms with E-state index < -0.39 is 11.8 Å². The number of β-amino-alcohol motifs (C(OH)–C–C–N with tert-alkyl or cyclic N) is 1. The standard InChI is InChI=1S/C23H21NO3/c25-21(18-11-5-2-6-12-18)16-24-22(26)19-13-7-8-14-20(19)23(24,27)15-17-9-3-1-4-10-17/h1-14,21,25,27H,15-16H2/t21-,23-/m0/s1. The molecule has 0 saturated heterocycles. The largest absolute Gasteiger partial charge is 0.387 e. The molecule has 1 aliphatic rings. The number of hydrogen-bond acceptors (Lipinski definition) is 3. The first kappa shape index (κ1) is 17.5. The molecule has 0 spiro atoms. The van der Waals surface area contributed by atoms with Crippen LogP contribution in [0.2, 0.25) is 0 Å². The number of aliphatic hydroxyl groups is 2. The molecule has 0 saturated carbocycles. The van der Waals surface area contributed by atoms with Crippen LogP contribution in [0.4, 0.5) is 0 Å². The van der Waals surface area contributed by atoms with E-state index in [1.54, 1.807) is 18.2 Å². The minimum absolute atomic E-state index is 0.0147. The Labute approximate surface area is 158 Å². The zero-order valence-corrected chi connectivity index (χ0v) is 14.8. The molecule has 27 heavy (non-hydrogen) atoms. The summed E-state index contributed by atoms with van der Waals surface area (Å²) in [6.45, 7) is 0.0147. The Morgan fingerprint density at radius 1 is 0.852 bits per heavy atom. The first-order valence-corrected chi connectivity index (χ1v) is 9.00. The van der Waals surface area contributed by atoms with Gasteiger partial charge in [-0.15, -0.1) is 0 Å². The van der Waals surface area contributed by atoms with Gasteiger partial charge in [0.1, 0.15) is 0 Å². The number of rotatable bonds is 5. The van der Waals surface area contributed by atoms with Gasteiger partial charge in [-0.2, -0.15) is 0 Å². The van der Waals surface area contributed by atoms with Crippen molar-refractivity contribution in [3.63, 3.8) is 0 Å². The number of nitrogens with zero attached hydrogens (tertiary/aromatic N) is 1. The van der Waals surface area contributed by atoms with Crippen molar-refractivity contribution in [2.75, 3.05) is 6.54 Å². The van der Waals surface area contributed by atoms with Crippen LogP contribution >= 0.6 is 0 Å². The van der Waals surface area contributed by atoms with Gasteiger partial charge in [0.15, 0.2) is 5.72 Å². The number of hydrogen-bond donors (Lipinski definition) is 2. The summed E-state index contributed by atoms with van der Waals surface area (Å²) in [7, 11) is 0. The smallest absolute Gasteiger partial charge is 0.256 e. The third-order valence-electron chi connectivity index (χ3n) is 5.11. The lowest BCUT2D eigenvalue weighted by atomic mass is 9.94. The van der Waals surface area contributed by atoms with E-state index in [4.69, 9.17) is 0 Å². The number of fused-ring (bicyclic) bond motifs is 1. The van der Waals surface area contributed by atoms with Crippen molar-refractivity contribution >= 4 is 5.91 Å². The van der Waals surface area contributed by atoms with E-state index in [0.717, 1.165) is 5.56 Å². The Bertz CT molecular complexity index is 942. The monoisotopic (exact) mass is 359 g/mol. The average molecular weight is 359 g/mol. The summed E-state index contributed by atoms with van der Waals surface area (Å²) in [4.78, 5) is 14.4. The van der Waals surface area contributed by atoms with Crippen molar-refractivity contribution in [3.05, 3.63) is 107 Å². The van der Waals surface area contributed by atoms with Crippen molar-refractivity contribution < 1.29 is 15.0 Å². The van der Waals surface area contributed by atoms with Gasteiger partial charge in [0.2, 0.25) is 0 Å². The lowest BCUT2D eigenvalue weighted by Crippen LogP contribution is -2.47. The van der Waals surface area contributed by atoms with Crippen LogP contribution in [0.3, 0.4) is 0 Å². The Balaban J connectivity index is 1.71. The maximum absolute atomic E-state index is 13.0. The molecule has 1 heterocycles. The number of benzene rings is 3. The zero-order chi connectivity index (χ0) is 18.9. The highest BCUT2D eigenvalue weighted by Gasteiger charge is 2.48. The molecule has 0 fully saturated rings. The van der Waals surface area contributed by atoms with Crippen LogP contribution in [0.25, 0.3) is 0 Å². The molecular formula is C23H21NO3. The molecule has 4 heteroatoms. The summed E-state index contributed by atoms with van der Waals surface area (Å²) >= 11 is 0. The molecule has 0 unspecified atom stereocenters. The van der Waals surface area contributed by atoms with Crippen LogP contribution in [0.5, 0.6) is 0 Å². The van der Waals surface area contributed by atoms with Gasteiger partial charge in [0.05, 0.1) is 12.6 Å². The molecule has 0 bridgehead atoms. The van der Waals surface area contributed by atoms with Gasteiger partial charge in [-0.3, -0.25) is 4.79 Å². The SMILES string of the molecule is O=C1c2ccccc2[C@@](O)(Cc2ccccc2)N1C[C@H](O)c1ccccc1. The molecule has 0 aliphatic carbocycles. The van der Waals surface area contributed by atoms with Crippen LogP contribution in [0, 0.1) is 0 Å². The highest BCUT2D eigenvalue weighted by Crippen LogP contribution is 2.40. The number of carbonyl (C=O) groups is 1. The van der Waals surface area contributed by atoms with Crippen molar-refractivity contribution in [2.24, 2.45) is 0 Å². The Morgan fingerprint density at radius 2 is 1.44 bits per heavy atom. The zero-order valence-electron chi connectivity index (χ0n) is 14.8. The molecule has 136 valence electrons. The van der Waals surface area contributed by atoms with Gasteiger partial charge in [-0.25, -0.2) is 0 Å². The van der Waals surface area contributed by atoms with Crippen LogP contribution in [-0.4, -0.2) is 27.6 Å². The Kier molecular flexibility index (Phi) is 4.52. The quantitative estimate of drug-likeness (QED) is 0.735. The van der Waals surface area contributed by atoms with Crippen molar-refractivity contribution in [3.8, 4) is 0 Å². The van der Waals surface area contributed by atoms with Crippen LogP contribution in [0.15, 0.2) is 84.9 Å². The van der Waals surface area contributed by atoms with Crippen molar-refractivity contribution in [2.45, 2.75) is 18.2 Å². The molecule has 3 aromatic carbocycles. The topological polar surface area (TPSA) is 60.8 Å². The summed E-state index contributed by atoms with van der Waals surface area (Å²) in [5.74, 6) is -0.265. The van der Waals surface area contributed by atoms with Crippen LogP contribution in [-0.2, 0) is 12.1 Å². The van der Waals surface area contributed by atoms with E-state index >= 15 is 0 Å². The fourth-order valence-electron chi connectivity index (χ4n) is 3.74. The Morgan fingerprint density at radius 3 is 2.15 bits per heavy atom. The van der Waals surface area contributed by atoms with E-state index in [-0.39, 0.29) is 18.9 Å². The Hall–Kier alpha value is -2.95. The highest BCUT2D eigenvalue weighted by molar-refractivity contribution is 5.99. The van der Waals surface area contributed by atoms with Gasteiger partial charge < -0.3 is 15.1 Å². The van der Waals surface area contributed by atoms with Crippen LogP contribution < -0.4 is 0 Å². The summed E-state index contributed by atoms with van der Waals surface area (Å²) in [5.41, 5.74) is 1.20. The predicted molar refractivity (Wildman–Crippen MR) is 103 cm³/mol. The average Bonchev–Trinajstić information content (AvgIpc) is 2.91. The molecule has 2 atom stereocenters. The molecule has 1 amide bonds. The highest BCUT2D eigenvalue weighted by atomic mass is 16.3. The fourth-order valence-corrected chi connectivity index (χ4v) is 3.74. The molecule has 3 aromatic rings. The number of carbonyl (C=O) groups excluding carboxylic acids is 1. The minimum Gasteiger partial charge on any atom is -0.387 e. The number of amides is 1. The van der Waals surface area contributed by atoms with E-state index in [9.17, 15) is 15.0 Å². The van der Waals surface area contributed by atoms with Crippen molar-refractivity contribution in [1.82, 2.24) is 4.90 Å².